The highest BCUT2D eigenvalue weighted by Crippen LogP contribution is 2.29. The Balaban J connectivity index is 0.00000420. The van der Waals surface area contributed by atoms with Crippen LogP contribution in [0.1, 0.15) is 21.5 Å². The summed E-state index contributed by atoms with van der Waals surface area (Å²) in [6.45, 7) is 1.05. The first-order valence-corrected chi connectivity index (χ1v) is 8.82. The molecule has 0 aliphatic heterocycles. The van der Waals surface area contributed by atoms with Gasteiger partial charge in [-0.25, -0.2) is 0 Å². The van der Waals surface area contributed by atoms with E-state index in [9.17, 15) is 18.0 Å². The third-order valence-electron chi connectivity index (χ3n) is 3.79. The third-order valence-corrected chi connectivity index (χ3v) is 4.12. The molecule has 0 saturated carbocycles. The van der Waals surface area contributed by atoms with Crippen molar-refractivity contribution in [2.75, 3.05) is 20.1 Å². The summed E-state index contributed by atoms with van der Waals surface area (Å²) in [5.74, 6) is 0.187. The van der Waals surface area contributed by atoms with Crippen molar-refractivity contribution in [2.24, 2.45) is 4.99 Å². The second-order valence-corrected chi connectivity index (χ2v) is 6.19. The van der Waals surface area contributed by atoms with Crippen LogP contribution in [0.25, 0.3) is 0 Å². The number of guanidine groups is 1. The van der Waals surface area contributed by atoms with Crippen LogP contribution in [0.3, 0.4) is 0 Å². The van der Waals surface area contributed by atoms with Gasteiger partial charge in [-0.1, -0.05) is 35.9 Å². The largest absolute Gasteiger partial charge is 0.416 e. The highest BCUT2D eigenvalue weighted by molar-refractivity contribution is 14.0. The molecule has 0 aliphatic rings. The predicted molar refractivity (Wildman–Crippen MR) is 119 cm³/mol. The van der Waals surface area contributed by atoms with Gasteiger partial charge in [0.1, 0.15) is 0 Å². The molecule has 0 fully saturated rings. The van der Waals surface area contributed by atoms with E-state index < -0.39 is 11.7 Å². The van der Waals surface area contributed by atoms with Crippen molar-refractivity contribution in [2.45, 2.75) is 12.7 Å². The van der Waals surface area contributed by atoms with Gasteiger partial charge in [0.2, 0.25) is 0 Å². The van der Waals surface area contributed by atoms with Gasteiger partial charge in [0.05, 0.1) is 16.1 Å². The fraction of sp³-hybridized carbons (Fsp3) is 0.263. The SMILES string of the molecule is CN=C(NCCNC(=O)c1ccccc1Cl)NCc1ccc(C(F)(F)F)cc1.I. The van der Waals surface area contributed by atoms with Crippen LogP contribution in [0, 0.1) is 0 Å². The van der Waals surface area contributed by atoms with Crippen molar-refractivity contribution >= 4 is 47.4 Å². The number of rotatable bonds is 6. The molecule has 2 aromatic rings. The van der Waals surface area contributed by atoms with E-state index in [1.807, 2.05) is 0 Å². The number of aliphatic imine (C=N–C) groups is 1. The van der Waals surface area contributed by atoms with Crippen LogP contribution in [0.5, 0.6) is 0 Å². The average molecular weight is 541 g/mol. The van der Waals surface area contributed by atoms with E-state index >= 15 is 0 Å². The minimum Gasteiger partial charge on any atom is -0.355 e. The minimum absolute atomic E-state index is 0. The maximum atomic E-state index is 12.6. The zero-order chi connectivity index (χ0) is 20.6. The number of carbonyl (C=O) groups is 1. The van der Waals surface area contributed by atoms with Gasteiger partial charge in [-0.3, -0.25) is 9.79 Å². The molecule has 0 radical (unpaired) electrons. The summed E-state index contributed by atoms with van der Waals surface area (Å²) in [5, 5.41) is 9.12. The molecule has 0 aromatic heterocycles. The Morgan fingerprint density at radius 1 is 1.00 bits per heavy atom. The lowest BCUT2D eigenvalue weighted by Gasteiger charge is -2.13. The van der Waals surface area contributed by atoms with Gasteiger partial charge in [0.25, 0.3) is 5.91 Å². The average Bonchev–Trinajstić information content (AvgIpc) is 2.67. The first-order chi connectivity index (χ1) is 13.3. The zero-order valence-electron chi connectivity index (χ0n) is 15.5. The van der Waals surface area contributed by atoms with Crippen molar-refractivity contribution in [3.05, 3.63) is 70.2 Å². The monoisotopic (exact) mass is 540 g/mol. The van der Waals surface area contributed by atoms with E-state index in [2.05, 4.69) is 20.9 Å². The molecular formula is C19H21ClF3IN4O. The Kier molecular flexibility index (Phi) is 10.2. The van der Waals surface area contributed by atoms with Crippen molar-refractivity contribution in [3.63, 3.8) is 0 Å². The van der Waals surface area contributed by atoms with E-state index in [-0.39, 0.29) is 29.9 Å². The van der Waals surface area contributed by atoms with Gasteiger partial charge in [-0.05, 0) is 29.8 Å². The Morgan fingerprint density at radius 2 is 1.62 bits per heavy atom. The topological polar surface area (TPSA) is 65.5 Å². The maximum absolute atomic E-state index is 12.6. The lowest BCUT2D eigenvalue weighted by molar-refractivity contribution is -0.137. The fourth-order valence-corrected chi connectivity index (χ4v) is 2.54. The summed E-state index contributed by atoms with van der Waals surface area (Å²) in [4.78, 5) is 16.1. The number of nitrogens with zero attached hydrogens (tertiary/aromatic N) is 1. The first kappa shape index (κ1) is 25.0. The van der Waals surface area contributed by atoms with Crippen LogP contribution in [0.4, 0.5) is 13.2 Å². The lowest BCUT2D eigenvalue weighted by Crippen LogP contribution is -2.41. The summed E-state index contributed by atoms with van der Waals surface area (Å²) in [6, 6.07) is 11.6. The number of benzene rings is 2. The van der Waals surface area contributed by atoms with Gasteiger partial charge in [-0.15, -0.1) is 24.0 Å². The zero-order valence-corrected chi connectivity index (χ0v) is 18.6. The Bertz CT molecular complexity index is 829. The highest BCUT2D eigenvalue weighted by atomic mass is 127. The van der Waals surface area contributed by atoms with Crippen LogP contribution in [-0.2, 0) is 12.7 Å². The summed E-state index contributed by atoms with van der Waals surface area (Å²) in [6.07, 6.45) is -4.35. The minimum atomic E-state index is -4.35. The maximum Gasteiger partial charge on any atom is 0.416 e. The molecule has 0 aliphatic carbocycles. The van der Waals surface area contributed by atoms with E-state index in [0.29, 0.717) is 41.7 Å². The van der Waals surface area contributed by atoms with Crippen LogP contribution >= 0.6 is 35.6 Å². The van der Waals surface area contributed by atoms with Crippen LogP contribution in [-0.4, -0.2) is 32.0 Å². The van der Waals surface area contributed by atoms with Crippen molar-refractivity contribution in [1.29, 1.82) is 0 Å². The van der Waals surface area contributed by atoms with Gasteiger partial charge in [0.15, 0.2) is 5.96 Å². The number of halogens is 5. The Morgan fingerprint density at radius 3 is 2.21 bits per heavy atom. The summed E-state index contributed by atoms with van der Waals surface area (Å²) >= 11 is 5.97. The molecule has 0 atom stereocenters. The Labute approximate surface area is 189 Å². The fourth-order valence-electron chi connectivity index (χ4n) is 2.32. The molecule has 10 heteroatoms. The van der Waals surface area contributed by atoms with Crippen LogP contribution < -0.4 is 16.0 Å². The van der Waals surface area contributed by atoms with Gasteiger partial charge in [0, 0.05) is 26.7 Å². The molecule has 0 heterocycles. The molecule has 2 rings (SSSR count). The lowest BCUT2D eigenvalue weighted by atomic mass is 10.1. The van der Waals surface area contributed by atoms with E-state index in [0.717, 1.165) is 12.1 Å². The quantitative estimate of drug-likeness (QED) is 0.224. The predicted octanol–water partition coefficient (Wildman–Crippen LogP) is 4.07. The number of carbonyl (C=O) groups excluding carboxylic acids is 1. The molecule has 2 aromatic carbocycles. The molecule has 0 bridgehead atoms. The number of alkyl halides is 3. The molecule has 3 N–H and O–H groups in total. The number of amides is 1. The summed E-state index contributed by atoms with van der Waals surface area (Å²) < 4.78 is 37.7. The summed E-state index contributed by atoms with van der Waals surface area (Å²) in [7, 11) is 1.57. The third kappa shape index (κ3) is 8.09. The van der Waals surface area contributed by atoms with Crippen LogP contribution in [0.15, 0.2) is 53.5 Å². The van der Waals surface area contributed by atoms with Gasteiger partial charge in [-0.2, -0.15) is 13.2 Å². The second kappa shape index (κ2) is 11.9. The normalized spacial score (nSPS) is 11.4. The molecule has 0 spiro atoms. The summed E-state index contributed by atoms with van der Waals surface area (Å²) in [5.41, 5.74) is 0.393. The molecule has 5 nitrogen and oxygen atoms in total. The molecule has 0 unspecified atom stereocenters. The molecule has 0 saturated heterocycles. The molecule has 158 valence electrons. The Hall–Kier alpha value is -2.01. The number of hydrogen-bond acceptors (Lipinski definition) is 2. The van der Waals surface area contributed by atoms with Crippen molar-refractivity contribution in [1.82, 2.24) is 16.0 Å². The van der Waals surface area contributed by atoms with E-state index in [1.165, 1.54) is 12.1 Å². The van der Waals surface area contributed by atoms with Gasteiger partial charge < -0.3 is 16.0 Å². The standard InChI is InChI=1S/C19H20ClF3N4O.HI/c1-24-18(27-12-13-6-8-14(9-7-13)19(21,22)23)26-11-10-25-17(28)15-4-2-3-5-16(15)20;/h2-9H,10-12H2,1H3,(H,25,28)(H2,24,26,27);1H. The first-order valence-electron chi connectivity index (χ1n) is 8.44. The number of nitrogens with one attached hydrogen (secondary N) is 3. The van der Waals surface area contributed by atoms with Gasteiger partial charge >= 0.3 is 6.18 Å². The van der Waals surface area contributed by atoms with Crippen molar-refractivity contribution in [3.8, 4) is 0 Å². The number of hydrogen-bond donors (Lipinski definition) is 3. The smallest absolute Gasteiger partial charge is 0.355 e. The highest BCUT2D eigenvalue weighted by Gasteiger charge is 2.29. The molecular weight excluding hydrogens is 520 g/mol. The van der Waals surface area contributed by atoms with Crippen LogP contribution in [0.2, 0.25) is 5.02 Å². The van der Waals surface area contributed by atoms with Crippen molar-refractivity contribution < 1.29 is 18.0 Å². The molecule has 29 heavy (non-hydrogen) atoms. The van der Waals surface area contributed by atoms with E-state index in [4.69, 9.17) is 11.6 Å². The second-order valence-electron chi connectivity index (χ2n) is 5.78. The molecule has 1 amide bonds. The van der Waals surface area contributed by atoms with E-state index in [1.54, 1.807) is 31.3 Å².